The molecule has 1 aliphatic rings. The first-order chi connectivity index (χ1) is 11.2. The number of amides is 1. The van der Waals surface area contributed by atoms with Crippen LogP contribution in [0.3, 0.4) is 0 Å². The van der Waals surface area contributed by atoms with Crippen molar-refractivity contribution in [3.05, 3.63) is 77.1 Å². The first-order valence-electron chi connectivity index (χ1n) is 7.57. The third-order valence-corrected chi connectivity index (χ3v) is 4.22. The van der Waals surface area contributed by atoms with Gasteiger partial charge in [-0.05, 0) is 30.2 Å². The summed E-state index contributed by atoms with van der Waals surface area (Å²) in [5, 5.41) is 8.17. The fraction of sp³-hybridized carbons (Fsp3) is 0.167. The van der Waals surface area contributed by atoms with Crippen molar-refractivity contribution >= 4 is 5.91 Å². The van der Waals surface area contributed by atoms with Crippen LogP contribution in [0, 0.1) is 6.92 Å². The van der Waals surface area contributed by atoms with E-state index in [-0.39, 0.29) is 5.91 Å². The van der Waals surface area contributed by atoms with Gasteiger partial charge < -0.3 is 4.90 Å². The summed E-state index contributed by atoms with van der Waals surface area (Å²) >= 11 is 0. The van der Waals surface area contributed by atoms with Gasteiger partial charge in [-0.25, -0.2) is 4.68 Å². The lowest BCUT2D eigenvalue weighted by molar-refractivity contribution is 0.0730. The predicted octanol–water partition coefficient (Wildman–Crippen LogP) is 2.73. The number of carbonyl (C=O) groups excluding carboxylic acids is 1. The van der Waals surface area contributed by atoms with Gasteiger partial charge in [-0.1, -0.05) is 41.6 Å². The number of hydrogen-bond acceptors (Lipinski definition) is 3. The van der Waals surface area contributed by atoms with Crippen LogP contribution >= 0.6 is 0 Å². The molecule has 4 rings (SSSR count). The van der Waals surface area contributed by atoms with Crippen molar-refractivity contribution in [2.45, 2.75) is 20.0 Å². The van der Waals surface area contributed by atoms with Crippen LogP contribution in [0.5, 0.6) is 0 Å². The predicted molar refractivity (Wildman–Crippen MR) is 86.1 cm³/mol. The smallest absolute Gasteiger partial charge is 0.254 e. The number of aromatic nitrogens is 3. The molecule has 0 bridgehead atoms. The number of para-hydroxylation sites is 1. The molecule has 0 spiro atoms. The number of fused-ring (bicyclic) bond motifs is 3. The lowest BCUT2D eigenvalue weighted by Crippen LogP contribution is -2.30. The van der Waals surface area contributed by atoms with Gasteiger partial charge >= 0.3 is 0 Å². The molecule has 5 nitrogen and oxygen atoms in total. The van der Waals surface area contributed by atoms with Crippen LogP contribution in [-0.4, -0.2) is 25.8 Å². The van der Waals surface area contributed by atoms with Crippen LogP contribution in [0.1, 0.15) is 27.2 Å². The van der Waals surface area contributed by atoms with E-state index in [1.54, 1.807) is 6.20 Å². The van der Waals surface area contributed by atoms with Crippen LogP contribution < -0.4 is 0 Å². The molecule has 1 aromatic heterocycles. The number of benzene rings is 2. The lowest BCUT2D eigenvalue weighted by atomic mass is 10.1. The first kappa shape index (κ1) is 13.7. The zero-order valence-corrected chi connectivity index (χ0v) is 12.8. The number of hydrogen-bond donors (Lipinski definition) is 0. The lowest BCUT2D eigenvalue weighted by Gasteiger charge is -2.21. The largest absolute Gasteiger partial charge is 0.328 e. The summed E-state index contributed by atoms with van der Waals surface area (Å²) in [5.74, 6) is 0.0348. The van der Waals surface area contributed by atoms with Gasteiger partial charge in [-0.15, -0.1) is 5.10 Å². The third-order valence-electron chi connectivity index (χ3n) is 4.22. The zero-order chi connectivity index (χ0) is 15.8. The minimum Gasteiger partial charge on any atom is -0.328 e. The van der Waals surface area contributed by atoms with Gasteiger partial charge in [0.25, 0.3) is 5.91 Å². The van der Waals surface area contributed by atoms with E-state index >= 15 is 0 Å². The molecule has 114 valence electrons. The Hall–Kier alpha value is -2.95. The molecular formula is C18H16N4O. The average Bonchev–Trinajstić information content (AvgIpc) is 2.96. The summed E-state index contributed by atoms with van der Waals surface area (Å²) in [6.45, 7) is 3.02. The van der Waals surface area contributed by atoms with E-state index in [1.165, 1.54) is 0 Å². The third kappa shape index (κ3) is 2.30. The SMILES string of the molecule is Cc1ccccc1C(=O)N1Cc2ccccc2-n2nncc2C1. The van der Waals surface area contributed by atoms with Crippen molar-refractivity contribution in [1.29, 1.82) is 0 Å². The maximum atomic E-state index is 13.0. The van der Waals surface area contributed by atoms with E-state index in [1.807, 2.05) is 65.0 Å². The average molecular weight is 304 g/mol. The van der Waals surface area contributed by atoms with Crippen LogP contribution in [-0.2, 0) is 13.1 Å². The molecule has 0 radical (unpaired) electrons. The van der Waals surface area contributed by atoms with Crippen LogP contribution in [0.25, 0.3) is 5.69 Å². The molecule has 0 aliphatic carbocycles. The number of nitrogens with zero attached hydrogens (tertiary/aromatic N) is 4. The Morgan fingerprint density at radius 1 is 1.04 bits per heavy atom. The van der Waals surface area contributed by atoms with Crippen LogP contribution in [0.4, 0.5) is 0 Å². The van der Waals surface area contributed by atoms with E-state index in [4.69, 9.17) is 0 Å². The van der Waals surface area contributed by atoms with E-state index in [0.717, 1.165) is 28.1 Å². The monoisotopic (exact) mass is 304 g/mol. The van der Waals surface area contributed by atoms with Gasteiger partial charge in [0.2, 0.25) is 0 Å². The normalized spacial score (nSPS) is 13.2. The standard InChI is InChI=1S/C18H16N4O/c1-13-6-2-4-8-16(13)18(23)21-11-14-7-3-5-9-17(14)22-15(12-21)10-19-20-22/h2-10H,11-12H2,1H3. The highest BCUT2D eigenvalue weighted by Crippen LogP contribution is 2.24. The second-order valence-corrected chi connectivity index (χ2v) is 5.74. The molecule has 0 fully saturated rings. The highest BCUT2D eigenvalue weighted by Gasteiger charge is 2.24. The van der Waals surface area contributed by atoms with Gasteiger partial charge in [-0.2, -0.15) is 0 Å². The topological polar surface area (TPSA) is 51.0 Å². The molecule has 0 unspecified atom stereocenters. The number of rotatable bonds is 1. The Kier molecular flexibility index (Phi) is 3.19. The molecule has 2 heterocycles. The fourth-order valence-corrected chi connectivity index (χ4v) is 3.00. The molecule has 0 saturated carbocycles. The molecule has 0 saturated heterocycles. The van der Waals surface area contributed by atoms with Gasteiger partial charge in [0.15, 0.2) is 0 Å². The van der Waals surface area contributed by atoms with Gasteiger partial charge in [0.05, 0.1) is 24.1 Å². The van der Waals surface area contributed by atoms with Crippen LogP contribution in [0.15, 0.2) is 54.7 Å². The van der Waals surface area contributed by atoms with Crippen LogP contribution in [0.2, 0.25) is 0 Å². The number of carbonyl (C=O) groups is 1. The van der Waals surface area contributed by atoms with Gasteiger partial charge in [0.1, 0.15) is 0 Å². The fourth-order valence-electron chi connectivity index (χ4n) is 3.00. The summed E-state index contributed by atoms with van der Waals surface area (Å²) in [4.78, 5) is 14.8. The maximum Gasteiger partial charge on any atom is 0.254 e. The molecule has 0 N–H and O–H groups in total. The second kappa shape index (κ2) is 5.35. The zero-order valence-electron chi connectivity index (χ0n) is 12.8. The summed E-state index contributed by atoms with van der Waals surface area (Å²) in [6, 6.07) is 15.7. The number of aryl methyl sites for hydroxylation is 1. The Labute approximate surface area is 134 Å². The molecular weight excluding hydrogens is 288 g/mol. The molecule has 0 atom stereocenters. The Morgan fingerprint density at radius 2 is 1.83 bits per heavy atom. The van der Waals surface area contributed by atoms with E-state index in [0.29, 0.717) is 13.1 Å². The Morgan fingerprint density at radius 3 is 2.70 bits per heavy atom. The Bertz CT molecular complexity index is 884. The Balaban J connectivity index is 1.78. The highest BCUT2D eigenvalue weighted by molar-refractivity contribution is 5.95. The van der Waals surface area contributed by atoms with Gasteiger partial charge in [-0.3, -0.25) is 4.79 Å². The quantitative estimate of drug-likeness (QED) is 0.694. The molecule has 5 heteroatoms. The summed E-state index contributed by atoms with van der Waals surface area (Å²) in [6.07, 6.45) is 1.72. The van der Waals surface area contributed by atoms with Crippen molar-refractivity contribution in [2.24, 2.45) is 0 Å². The summed E-state index contributed by atoms with van der Waals surface area (Å²) in [5.41, 5.74) is 4.70. The summed E-state index contributed by atoms with van der Waals surface area (Å²) < 4.78 is 1.82. The van der Waals surface area contributed by atoms with E-state index in [9.17, 15) is 4.79 Å². The van der Waals surface area contributed by atoms with E-state index in [2.05, 4.69) is 10.3 Å². The second-order valence-electron chi connectivity index (χ2n) is 5.74. The minimum absolute atomic E-state index is 0.0348. The molecule has 3 aromatic rings. The van der Waals surface area contributed by atoms with E-state index < -0.39 is 0 Å². The van der Waals surface area contributed by atoms with Crippen molar-refractivity contribution in [3.8, 4) is 5.69 Å². The molecule has 1 aliphatic heterocycles. The maximum absolute atomic E-state index is 13.0. The molecule has 23 heavy (non-hydrogen) atoms. The van der Waals surface area contributed by atoms with Gasteiger partial charge in [0, 0.05) is 12.1 Å². The molecule has 2 aromatic carbocycles. The van der Waals surface area contributed by atoms with Crippen molar-refractivity contribution in [2.75, 3.05) is 0 Å². The van der Waals surface area contributed by atoms with Crippen molar-refractivity contribution in [1.82, 2.24) is 19.9 Å². The van der Waals surface area contributed by atoms with Crippen molar-refractivity contribution in [3.63, 3.8) is 0 Å². The summed E-state index contributed by atoms with van der Waals surface area (Å²) in [7, 11) is 0. The minimum atomic E-state index is 0.0348. The highest BCUT2D eigenvalue weighted by atomic mass is 16.2. The molecule has 1 amide bonds. The first-order valence-corrected chi connectivity index (χ1v) is 7.57. The van der Waals surface area contributed by atoms with Crippen molar-refractivity contribution < 1.29 is 4.79 Å².